The molecule has 1 N–H and O–H groups in total. The van der Waals surface area contributed by atoms with E-state index in [4.69, 9.17) is 11.6 Å². The summed E-state index contributed by atoms with van der Waals surface area (Å²) < 4.78 is 0. The third kappa shape index (κ3) is 3.20. The summed E-state index contributed by atoms with van der Waals surface area (Å²) in [7, 11) is 0. The molecule has 0 unspecified atom stereocenters. The number of carbonyl (C=O) groups is 1. The number of amides is 1. The third-order valence-corrected chi connectivity index (χ3v) is 3.44. The van der Waals surface area contributed by atoms with Gasteiger partial charge in [0.05, 0.1) is 4.92 Å². The highest BCUT2D eigenvalue weighted by Crippen LogP contribution is 2.23. The van der Waals surface area contributed by atoms with Gasteiger partial charge in [-0.15, -0.1) is 11.6 Å². The number of nitrogens with zero attached hydrogens (tertiary/aromatic N) is 1. The Kier molecular flexibility index (Phi) is 4.55. The lowest BCUT2D eigenvalue weighted by molar-refractivity contribution is -0.385. The third-order valence-electron chi connectivity index (χ3n) is 3.16. The monoisotopic (exact) mass is 304 g/mol. The fourth-order valence-electron chi connectivity index (χ4n) is 2.02. The average molecular weight is 305 g/mol. The van der Waals surface area contributed by atoms with Crippen LogP contribution in [0.4, 0.5) is 11.4 Å². The molecular formula is C15H13ClN2O3. The van der Waals surface area contributed by atoms with Crippen molar-refractivity contribution in [2.75, 3.05) is 5.32 Å². The van der Waals surface area contributed by atoms with Gasteiger partial charge in [0.1, 0.15) is 0 Å². The van der Waals surface area contributed by atoms with Gasteiger partial charge < -0.3 is 5.32 Å². The molecule has 2 aromatic carbocycles. The maximum atomic E-state index is 12.3. The zero-order chi connectivity index (χ0) is 15.4. The molecule has 0 spiro atoms. The van der Waals surface area contributed by atoms with Gasteiger partial charge >= 0.3 is 0 Å². The zero-order valence-electron chi connectivity index (χ0n) is 11.3. The van der Waals surface area contributed by atoms with Crippen molar-refractivity contribution in [1.29, 1.82) is 0 Å². The van der Waals surface area contributed by atoms with E-state index in [1.807, 2.05) is 12.1 Å². The summed E-state index contributed by atoms with van der Waals surface area (Å²) in [4.78, 5) is 22.7. The summed E-state index contributed by atoms with van der Waals surface area (Å²) in [5.41, 5.74) is 1.92. The van der Waals surface area contributed by atoms with E-state index < -0.39 is 10.8 Å². The Balaban J connectivity index is 2.33. The van der Waals surface area contributed by atoms with Crippen molar-refractivity contribution in [2.24, 2.45) is 0 Å². The Morgan fingerprint density at radius 1 is 1.24 bits per heavy atom. The summed E-state index contributed by atoms with van der Waals surface area (Å²) in [5, 5.41) is 13.7. The van der Waals surface area contributed by atoms with Gasteiger partial charge in [-0.1, -0.05) is 24.3 Å². The van der Waals surface area contributed by atoms with E-state index in [0.717, 1.165) is 5.56 Å². The van der Waals surface area contributed by atoms with E-state index in [1.165, 1.54) is 12.1 Å². The number of nitrogens with one attached hydrogen (secondary N) is 1. The minimum atomic E-state index is -0.501. The number of alkyl halides is 1. The highest BCUT2D eigenvalue weighted by molar-refractivity contribution is 6.17. The molecule has 0 heterocycles. The van der Waals surface area contributed by atoms with Crippen molar-refractivity contribution in [1.82, 2.24) is 0 Å². The molecule has 0 aromatic heterocycles. The number of anilines is 1. The van der Waals surface area contributed by atoms with Crippen LogP contribution in [0.15, 0.2) is 42.5 Å². The number of para-hydroxylation sites is 1. The molecular weight excluding hydrogens is 292 g/mol. The number of halogens is 1. The normalized spacial score (nSPS) is 10.2. The van der Waals surface area contributed by atoms with Crippen LogP contribution in [0.2, 0.25) is 0 Å². The second-order valence-corrected chi connectivity index (χ2v) is 4.72. The van der Waals surface area contributed by atoms with Crippen LogP contribution in [-0.4, -0.2) is 10.8 Å². The van der Waals surface area contributed by atoms with Gasteiger partial charge in [-0.3, -0.25) is 14.9 Å². The molecule has 2 aromatic rings. The van der Waals surface area contributed by atoms with Crippen molar-refractivity contribution >= 4 is 28.9 Å². The summed E-state index contributed by atoms with van der Waals surface area (Å²) in [6, 6.07) is 11.6. The fraction of sp³-hybridized carbons (Fsp3) is 0.133. The van der Waals surface area contributed by atoms with Crippen LogP contribution in [-0.2, 0) is 5.88 Å². The van der Waals surface area contributed by atoms with Crippen molar-refractivity contribution in [2.45, 2.75) is 12.8 Å². The first-order valence-electron chi connectivity index (χ1n) is 6.24. The first-order chi connectivity index (χ1) is 10.0. The SMILES string of the molecule is Cc1c(C(=O)Nc2ccccc2CCl)cccc1[N+](=O)[O-]. The number of nitro groups is 1. The molecule has 0 saturated carbocycles. The molecule has 108 valence electrons. The molecule has 0 saturated heterocycles. The Morgan fingerprint density at radius 3 is 2.62 bits per heavy atom. The minimum absolute atomic E-state index is 0.0757. The summed E-state index contributed by atoms with van der Waals surface area (Å²) in [6.07, 6.45) is 0. The van der Waals surface area contributed by atoms with Crippen molar-refractivity contribution in [3.63, 3.8) is 0 Å². The van der Waals surface area contributed by atoms with E-state index in [2.05, 4.69) is 5.32 Å². The van der Waals surface area contributed by atoms with Crippen LogP contribution in [0.1, 0.15) is 21.5 Å². The highest BCUT2D eigenvalue weighted by atomic mass is 35.5. The molecule has 2 rings (SSSR count). The lowest BCUT2D eigenvalue weighted by Crippen LogP contribution is -2.15. The number of rotatable bonds is 4. The number of hydrogen-bond donors (Lipinski definition) is 1. The van der Waals surface area contributed by atoms with Crippen LogP contribution in [0.25, 0.3) is 0 Å². The van der Waals surface area contributed by atoms with Gasteiger partial charge in [-0.05, 0) is 24.6 Å². The maximum absolute atomic E-state index is 12.3. The largest absolute Gasteiger partial charge is 0.322 e. The van der Waals surface area contributed by atoms with Gasteiger partial charge in [0.15, 0.2) is 0 Å². The Labute approximate surface area is 126 Å². The first-order valence-corrected chi connectivity index (χ1v) is 6.77. The fourth-order valence-corrected chi connectivity index (χ4v) is 2.25. The van der Waals surface area contributed by atoms with Crippen molar-refractivity contribution in [3.8, 4) is 0 Å². The lowest BCUT2D eigenvalue weighted by atomic mass is 10.1. The second kappa shape index (κ2) is 6.37. The number of nitro benzene ring substituents is 1. The Morgan fingerprint density at radius 2 is 1.95 bits per heavy atom. The molecule has 0 atom stereocenters. The van der Waals surface area contributed by atoms with Crippen molar-refractivity contribution in [3.05, 3.63) is 69.3 Å². The van der Waals surface area contributed by atoms with Crippen LogP contribution < -0.4 is 5.32 Å². The smallest absolute Gasteiger partial charge is 0.273 e. The molecule has 21 heavy (non-hydrogen) atoms. The molecule has 0 aliphatic rings. The van der Waals surface area contributed by atoms with E-state index in [1.54, 1.807) is 25.1 Å². The molecule has 1 amide bonds. The van der Waals surface area contributed by atoms with E-state index in [9.17, 15) is 14.9 Å². The number of hydrogen-bond acceptors (Lipinski definition) is 3. The summed E-state index contributed by atoms with van der Waals surface area (Å²) >= 11 is 5.82. The molecule has 0 fully saturated rings. The molecule has 6 heteroatoms. The standard InChI is InChI=1S/C15H13ClN2O3/c1-10-12(6-4-8-14(10)18(20)21)15(19)17-13-7-3-2-5-11(13)9-16/h2-8H,9H2,1H3,(H,17,19). The van der Waals surface area contributed by atoms with Gasteiger partial charge in [0.2, 0.25) is 0 Å². The Hall–Kier alpha value is -2.40. The quantitative estimate of drug-likeness (QED) is 0.529. The molecule has 0 aliphatic carbocycles. The molecule has 0 aliphatic heterocycles. The molecule has 0 bridgehead atoms. The van der Waals surface area contributed by atoms with Crippen LogP contribution in [0, 0.1) is 17.0 Å². The summed E-state index contributed by atoms with van der Waals surface area (Å²) in [5.74, 6) is -0.126. The van der Waals surface area contributed by atoms with Crippen LogP contribution in [0.5, 0.6) is 0 Å². The van der Waals surface area contributed by atoms with Crippen LogP contribution >= 0.6 is 11.6 Å². The van der Waals surface area contributed by atoms with E-state index >= 15 is 0 Å². The zero-order valence-corrected chi connectivity index (χ0v) is 12.1. The van der Waals surface area contributed by atoms with Crippen molar-refractivity contribution < 1.29 is 9.72 Å². The topological polar surface area (TPSA) is 72.2 Å². The van der Waals surface area contributed by atoms with Gasteiger partial charge in [0.25, 0.3) is 11.6 Å². The molecule has 0 radical (unpaired) electrons. The molecule has 5 nitrogen and oxygen atoms in total. The van der Waals surface area contributed by atoms with E-state index in [-0.39, 0.29) is 17.1 Å². The lowest BCUT2D eigenvalue weighted by Gasteiger charge is -2.10. The Bertz CT molecular complexity index is 701. The van der Waals surface area contributed by atoms with Crippen LogP contribution in [0.3, 0.4) is 0 Å². The predicted octanol–water partition coefficient (Wildman–Crippen LogP) is 3.89. The second-order valence-electron chi connectivity index (χ2n) is 4.45. The minimum Gasteiger partial charge on any atom is -0.322 e. The average Bonchev–Trinajstić information content (AvgIpc) is 2.47. The van der Waals surface area contributed by atoms with Gasteiger partial charge in [0, 0.05) is 28.8 Å². The predicted molar refractivity (Wildman–Crippen MR) is 81.8 cm³/mol. The first kappa shape index (κ1) is 15.0. The number of carbonyl (C=O) groups excluding carboxylic acids is 1. The maximum Gasteiger partial charge on any atom is 0.273 e. The van der Waals surface area contributed by atoms with E-state index in [0.29, 0.717) is 11.3 Å². The summed E-state index contributed by atoms with van der Waals surface area (Å²) in [6.45, 7) is 1.56. The van der Waals surface area contributed by atoms with Gasteiger partial charge in [-0.25, -0.2) is 0 Å². The van der Waals surface area contributed by atoms with Gasteiger partial charge in [-0.2, -0.15) is 0 Å². The number of benzene rings is 2. The highest BCUT2D eigenvalue weighted by Gasteiger charge is 2.18.